The molecule has 6 heteroatoms. The number of piperidine rings is 1. The number of amides is 2. The van der Waals surface area contributed by atoms with Crippen LogP contribution >= 0.6 is 0 Å². The van der Waals surface area contributed by atoms with E-state index in [1.54, 1.807) is 19.2 Å². The van der Waals surface area contributed by atoms with Gasteiger partial charge in [0.25, 0.3) is 5.91 Å². The van der Waals surface area contributed by atoms with Gasteiger partial charge in [-0.15, -0.1) is 0 Å². The molecule has 30 heavy (non-hydrogen) atoms. The number of likely N-dealkylation sites (tertiary alicyclic amines) is 2. The number of aromatic nitrogens is 1. The van der Waals surface area contributed by atoms with E-state index in [-0.39, 0.29) is 11.8 Å². The topological polar surface area (TPSA) is 62.7 Å². The van der Waals surface area contributed by atoms with Crippen LogP contribution in [0.2, 0.25) is 0 Å². The highest BCUT2D eigenvalue weighted by Gasteiger charge is 2.40. The second kappa shape index (κ2) is 9.28. The van der Waals surface area contributed by atoms with Crippen molar-refractivity contribution in [2.75, 3.05) is 32.8 Å². The van der Waals surface area contributed by atoms with Crippen molar-refractivity contribution in [3.63, 3.8) is 0 Å². The second-order valence-corrected chi connectivity index (χ2v) is 8.32. The summed E-state index contributed by atoms with van der Waals surface area (Å²) in [4.78, 5) is 32.8. The molecule has 0 N–H and O–H groups in total. The van der Waals surface area contributed by atoms with Crippen molar-refractivity contribution in [1.82, 2.24) is 14.8 Å². The third-order valence-electron chi connectivity index (χ3n) is 6.46. The molecule has 2 atom stereocenters. The van der Waals surface area contributed by atoms with Gasteiger partial charge in [-0.1, -0.05) is 24.3 Å². The van der Waals surface area contributed by atoms with Crippen molar-refractivity contribution >= 4 is 11.8 Å². The summed E-state index contributed by atoms with van der Waals surface area (Å²) in [6.07, 6.45) is 3.57. The minimum atomic E-state index is 0.00907. The zero-order valence-corrected chi connectivity index (χ0v) is 17.4. The van der Waals surface area contributed by atoms with E-state index in [1.165, 1.54) is 0 Å². The lowest BCUT2D eigenvalue weighted by Crippen LogP contribution is -2.42. The Morgan fingerprint density at radius 1 is 1.00 bits per heavy atom. The molecule has 0 radical (unpaired) electrons. The van der Waals surface area contributed by atoms with Crippen LogP contribution in [0.4, 0.5) is 0 Å². The smallest absolute Gasteiger partial charge is 0.272 e. The second-order valence-electron chi connectivity index (χ2n) is 8.32. The molecule has 4 rings (SSSR count). The lowest BCUT2D eigenvalue weighted by Gasteiger charge is -2.36. The Balaban J connectivity index is 1.37. The maximum Gasteiger partial charge on any atom is 0.272 e. The number of hydrogen-bond acceptors (Lipinski definition) is 4. The Labute approximate surface area is 177 Å². The van der Waals surface area contributed by atoms with Crippen molar-refractivity contribution in [2.45, 2.75) is 19.8 Å². The molecule has 0 bridgehead atoms. The average Bonchev–Trinajstić information content (AvgIpc) is 3.23. The van der Waals surface area contributed by atoms with Crippen LogP contribution in [0.15, 0.2) is 54.7 Å². The lowest BCUT2D eigenvalue weighted by atomic mass is 9.78. The van der Waals surface area contributed by atoms with Gasteiger partial charge in [-0.2, -0.15) is 0 Å². The molecule has 6 nitrogen and oxygen atoms in total. The number of pyridine rings is 1. The predicted molar refractivity (Wildman–Crippen MR) is 114 cm³/mol. The SMILES string of the molecule is CC(=O)N1C[C@@H](COc2ccccc2)[C@H](C2CCN(C(=O)c3ccccn3)CC2)C1. The molecule has 0 aliphatic carbocycles. The monoisotopic (exact) mass is 407 g/mol. The standard InChI is InChI=1S/C24H29N3O3/c1-18(28)27-15-20(17-30-21-7-3-2-4-8-21)22(16-27)19-10-13-26(14-11-19)24(29)23-9-5-6-12-25-23/h2-9,12,19-20,22H,10-11,13-17H2,1H3/t20-,22-/m0/s1. The molecule has 2 aliphatic rings. The Bertz CT molecular complexity index is 851. The maximum absolute atomic E-state index is 12.7. The van der Waals surface area contributed by atoms with Crippen molar-refractivity contribution < 1.29 is 14.3 Å². The van der Waals surface area contributed by atoms with E-state index in [2.05, 4.69) is 4.98 Å². The zero-order valence-electron chi connectivity index (χ0n) is 17.4. The zero-order chi connectivity index (χ0) is 20.9. The number of rotatable bonds is 5. The third kappa shape index (κ3) is 4.64. The average molecular weight is 408 g/mol. The quantitative estimate of drug-likeness (QED) is 0.764. The molecule has 1 aromatic carbocycles. The first kappa shape index (κ1) is 20.4. The first-order valence-electron chi connectivity index (χ1n) is 10.8. The van der Waals surface area contributed by atoms with Gasteiger partial charge in [0.05, 0.1) is 6.61 Å². The van der Waals surface area contributed by atoms with Crippen LogP contribution in [-0.4, -0.2) is 59.4 Å². The van der Waals surface area contributed by atoms with Gasteiger partial charge >= 0.3 is 0 Å². The van der Waals surface area contributed by atoms with Gasteiger partial charge in [0.1, 0.15) is 11.4 Å². The molecule has 3 heterocycles. The van der Waals surface area contributed by atoms with Crippen molar-refractivity contribution in [1.29, 1.82) is 0 Å². The van der Waals surface area contributed by atoms with Crippen LogP contribution in [0.25, 0.3) is 0 Å². The minimum absolute atomic E-state index is 0.00907. The molecule has 0 spiro atoms. The fourth-order valence-electron chi connectivity index (χ4n) is 4.77. The van der Waals surface area contributed by atoms with Gasteiger partial charge in [-0.3, -0.25) is 14.6 Å². The van der Waals surface area contributed by atoms with Crippen LogP contribution in [0, 0.1) is 17.8 Å². The molecular weight excluding hydrogens is 378 g/mol. The molecule has 2 aliphatic heterocycles. The molecule has 2 amide bonds. The van der Waals surface area contributed by atoms with E-state index in [9.17, 15) is 9.59 Å². The molecule has 1 aromatic heterocycles. The van der Waals surface area contributed by atoms with Crippen molar-refractivity contribution in [3.8, 4) is 5.75 Å². The van der Waals surface area contributed by atoms with Crippen LogP contribution in [0.3, 0.4) is 0 Å². The van der Waals surface area contributed by atoms with E-state index in [0.717, 1.165) is 44.8 Å². The summed E-state index contributed by atoms with van der Waals surface area (Å²) in [6, 6.07) is 15.3. The molecule has 158 valence electrons. The molecular formula is C24H29N3O3. The third-order valence-corrected chi connectivity index (χ3v) is 6.46. The van der Waals surface area contributed by atoms with Crippen LogP contribution < -0.4 is 4.74 Å². The molecule has 2 fully saturated rings. The predicted octanol–water partition coefficient (Wildman–Crippen LogP) is 3.11. The highest BCUT2D eigenvalue weighted by Crippen LogP contribution is 2.36. The molecule has 2 saturated heterocycles. The highest BCUT2D eigenvalue weighted by molar-refractivity contribution is 5.92. The fourth-order valence-corrected chi connectivity index (χ4v) is 4.77. The van der Waals surface area contributed by atoms with Gasteiger partial charge in [-0.25, -0.2) is 0 Å². The largest absolute Gasteiger partial charge is 0.493 e. The number of nitrogens with zero attached hydrogens (tertiary/aromatic N) is 3. The number of para-hydroxylation sites is 1. The summed E-state index contributed by atoms with van der Waals surface area (Å²) in [7, 11) is 0. The normalized spacial score (nSPS) is 22.2. The van der Waals surface area contributed by atoms with E-state index in [0.29, 0.717) is 30.1 Å². The van der Waals surface area contributed by atoms with Crippen LogP contribution in [-0.2, 0) is 4.79 Å². The van der Waals surface area contributed by atoms with Gasteiger partial charge in [0, 0.05) is 45.2 Å². The van der Waals surface area contributed by atoms with Gasteiger partial charge < -0.3 is 14.5 Å². The van der Waals surface area contributed by atoms with Gasteiger partial charge in [-0.05, 0) is 48.9 Å². The van der Waals surface area contributed by atoms with E-state index >= 15 is 0 Å². The lowest BCUT2D eigenvalue weighted by molar-refractivity contribution is -0.128. The minimum Gasteiger partial charge on any atom is -0.493 e. The Kier molecular flexibility index (Phi) is 6.31. The first-order valence-corrected chi connectivity index (χ1v) is 10.8. The van der Waals surface area contributed by atoms with Crippen molar-refractivity contribution in [2.24, 2.45) is 17.8 Å². The summed E-state index contributed by atoms with van der Waals surface area (Å²) in [6.45, 7) is 5.28. The summed E-state index contributed by atoms with van der Waals surface area (Å²) in [5.41, 5.74) is 0.508. The van der Waals surface area contributed by atoms with Crippen molar-refractivity contribution in [3.05, 3.63) is 60.4 Å². The van der Waals surface area contributed by atoms with Crippen LogP contribution in [0.5, 0.6) is 5.75 Å². The van der Waals surface area contributed by atoms with Gasteiger partial charge in [0.15, 0.2) is 0 Å². The number of benzene rings is 1. The number of ether oxygens (including phenoxy) is 1. The molecule has 0 unspecified atom stereocenters. The Morgan fingerprint density at radius 2 is 1.73 bits per heavy atom. The summed E-state index contributed by atoms with van der Waals surface area (Å²) >= 11 is 0. The van der Waals surface area contributed by atoms with E-state index < -0.39 is 0 Å². The number of hydrogen-bond donors (Lipinski definition) is 0. The summed E-state index contributed by atoms with van der Waals surface area (Å²) < 4.78 is 6.05. The van der Waals surface area contributed by atoms with Crippen LogP contribution in [0.1, 0.15) is 30.3 Å². The fraction of sp³-hybridized carbons (Fsp3) is 0.458. The Morgan fingerprint density at radius 3 is 2.40 bits per heavy atom. The molecule has 0 saturated carbocycles. The first-order chi connectivity index (χ1) is 14.6. The molecule has 2 aromatic rings. The maximum atomic E-state index is 12.7. The number of carbonyl (C=O) groups is 2. The number of carbonyl (C=O) groups excluding carboxylic acids is 2. The van der Waals surface area contributed by atoms with E-state index in [1.807, 2.05) is 52.3 Å². The van der Waals surface area contributed by atoms with Gasteiger partial charge in [0.2, 0.25) is 5.91 Å². The highest BCUT2D eigenvalue weighted by atomic mass is 16.5. The summed E-state index contributed by atoms with van der Waals surface area (Å²) in [5, 5.41) is 0. The summed E-state index contributed by atoms with van der Waals surface area (Å²) in [5.74, 6) is 2.22. The van der Waals surface area contributed by atoms with E-state index in [4.69, 9.17) is 4.74 Å². The Hall–Kier alpha value is -2.89.